The molecule has 6 heteroatoms. The van der Waals surface area contributed by atoms with Gasteiger partial charge in [-0.15, -0.1) is 0 Å². The van der Waals surface area contributed by atoms with Crippen LogP contribution in [-0.4, -0.2) is 46.6 Å². The maximum Gasteiger partial charge on any atom is 0.308 e. The van der Waals surface area contributed by atoms with Gasteiger partial charge in [-0.05, 0) is 106 Å². The van der Waals surface area contributed by atoms with Crippen molar-refractivity contribution in [1.82, 2.24) is 0 Å². The van der Waals surface area contributed by atoms with E-state index in [2.05, 4.69) is 13.8 Å². The van der Waals surface area contributed by atoms with Crippen LogP contribution in [0.3, 0.4) is 0 Å². The van der Waals surface area contributed by atoms with Gasteiger partial charge >= 0.3 is 11.9 Å². The lowest BCUT2D eigenvalue weighted by Gasteiger charge is -2.62. The summed E-state index contributed by atoms with van der Waals surface area (Å²) in [4.78, 5) is 25.1. The molecule has 0 radical (unpaired) electrons. The van der Waals surface area contributed by atoms with Crippen LogP contribution >= 0.6 is 0 Å². The first kappa shape index (κ1) is 27.4. The molecule has 1 heterocycles. The first-order chi connectivity index (χ1) is 17.6. The van der Waals surface area contributed by atoms with E-state index in [9.17, 15) is 19.8 Å². The first-order valence-corrected chi connectivity index (χ1v) is 15.3. The van der Waals surface area contributed by atoms with Crippen molar-refractivity contribution in [3.63, 3.8) is 0 Å². The van der Waals surface area contributed by atoms with Gasteiger partial charge in [0.1, 0.15) is 12.2 Å². The Morgan fingerprint density at radius 2 is 1.81 bits per heavy atom. The fraction of sp³-hybridized carbons (Fsp3) is 0.935. The van der Waals surface area contributed by atoms with E-state index in [1.165, 1.54) is 19.3 Å². The molecular weight excluding hydrogens is 468 g/mol. The Balaban J connectivity index is 1.39. The van der Waals surface area contributed by atoms with Crippen molar-refractivity contribution < 1.29 is 29.3 Å². The SMILES string of the molecule is CC[C@H](C)C(=O)O[C@H]1C[C@H]2[C@@H](CC[C@@H]3C[C@H](O)CC[C@@]32C)[C@@H]2CCC(CC[C@@H]3C[C@@H](O)CC(=O)O3)[C@@]12C. The van der Waals surface area contributed by atoms with Crippen molar-refractivity contribution in [1.29, 1.82) is 0 Å². The Morgan fingerprint density at radius 3 is 2.54 bits per heavy atom. The van der Waals surface area contributed by atoms with E-state index in [1.54, 1.807) is 0 Å². The summed E-state index contributed by atoms with van der Waals surface area (Å²) in [6.07, 6.45) is 10.7. The molecule has 0 aromatic rings. The van der Waals surface area contributed by atoms with Crippen LogP contribution in [0.15, 0.2) is 0 Å². The number of aliphatic hydroxyl groups is 2. The van der Waals surface area contributed by atoms with Crippen LogP contribution in [-0.2, 0) is 19.1 Å². The standard InChI is InChI=1S/C31H50O6/c1-5-18(2)29(35)37-27-17-26-24(10-7-20-14-21(32)12-13-30(20,26)3)25-11-8-19(31(25,27)4)6-9-23-15-22(33)16-28(34)36-23/h18-27,32-33H,5-17H2,1-4H3/t18-,19?,20+,21+,22+,23+,24-,25-,26-,27-,30-,31+/m0/s1. The minimum atomic E-state index is -0.595. The minimum absolute atomic E-state index is 0.0579. The summed E-state index contributed by atoms with van der Waals surface area (Å²) in [7, 11) is 0. The van der Waals surface area contributed by atoms with Gasteiger partial charge in [-0.25, -0.2) is 0 Å². The van der Waals surface area contributed by atoms with Crippen molar-refractivity contribution >= 4 is 11.9 Å². The second kappa shape index (κ2) is 10.4. The molecule has 37 heavy (non-hydrogen) atoms. The highest BCUT2D eigenvalue weighted by atomic mass is 16.6. The Morgan fingerprint density at radius 1 is 1.03 bits per heavy atom. The first-order valence-electron chi connectivity index (χ1n) is 15.3. The van der Waals surface area contributed by atoms with Crippen molar-refractivity contribution in [2.75, 3.05) is 0 Å². The number of aliphatic hydroxyl groups excluding tert-OH is 2. The molecule has 0 bridgehead atoms. The Bertz CT molecular complexity index is 859. The minimum Gasteiger partial charge on any atom is -0.462 e. The summed E-state index contributed by atoms with van der Waals surface area (Å²) < 4.78 is 12.1. The average Bonchev–Trinajstić information content (AvgIpc) is 3.19. The highest BCUT2D eigenvalue weighted by molar-refractivity contribution is 5.72. The van der Waals surface area contributed by atoms with Gasteiger partial charge in [0, 0.05) is 11.8 Å². The molecule has 210 valence electrons. The zero-order valence-electron chi connectivity index (χ0n) is 23.5. The Hall–Kier alpha value is -1.14. The fourth-order valence-corrected chi connectivity index (χ4v) is 9.79. The highest BCUT2D eigenvalue weighted by Crippen LogP contribution is 2.68. The van der Waals surface area contributed by atoms with Crippen molar-refractivity contribution in [2.24, 2.45) is 46.3 Å². The molecule has 6 nitrogen and oxygen atoms in total. The fourth-order valence-electron chi connectivity index (χ4n) is 9.79. The van der Waals surface area contributed by atoms with Crippen LogP contribution in [0.5, 0.6) is 0 Å². The lowest BCUT2D eigenvalue weighted by atomic mass is 9.44. The van der Waals surface area contributed by atoms with E-state index in [1.807, 2.05) is 13.8 Å². The van der Waals surface area contributed by atoms with Gasteiger partial charge in [-0.1, -0.05) is 27.7 Å². The van der Waals surface area contributed by atoms with Gasteiger partial charge < -0.3 is 19.7 Å². The van der Waals surface area contributed by atoms with E-state index >= 15 is 0 Å². The predicted octanol–water partition coefficient (Wildman–Crippen LogP) is 5.42. The maximum atomic E-state index is 13.2. The van der Waals surface area contributed by atoms with Gasteiger partial charge in [-0.2, -0.15) is 0 Å². The number of ether oxygens (including phenoxy) is 2. The van der Waals surface area contributed by atoms with Gasteiger partial charge in [0.2, 0.25) is 0 Å². The van der Waals surface area contributed by atoms with Crippen LogP contribution in [0, 0.1) is 46.3 Å². The molecule has 5 fully saturated rings. The Labute approximate surface area is 223 Å². The molecule has 1 unspecified atom stereocenters. The molecule has 4 aliphatic carbocycles. The summed E-state index contributed by atoms with van der Waals surface area (Å²) in [5.41, 5.74) is 0.147. The Kier molecular flexibility index (Phi) is 7.74. The van der Waals surface area contributed by atoms with Crippen LogP contribution < -0.4 is 0 Å². The lowest BCUT2D eigenvalue weighted by molar-refractivity contribution is -0.198. The molecule has 12 atom stereocenters. The van der Waals surface area contributed by atoms with Crippen molar-refractivity contribution in [2.45, 2.75) is 136 Å². The van der Waals surface area contributed by atoms with Crippen LogP contribution in [0.25, 0.3) is 0 Å². The van der Waals surface area contributed by atoms with E-state index in [4.69, 9.17) is 9.47 Å². The molecule has 5 aliphatic rings. The normalized spacial score (nSPS) is 48.3. The zero-order valence-corrected chi connectivity index (χ0v) is 23.5. The number of hydrogen-bond acceptors (Lipinski definition) is 6. The third-order valence-electron chi connectivity index (χ3n) is 12.2. The topological polar surface area (TPSA) is 93.1 Å². The van der Waals surface area contributed by atoms with Crippen LogP contribution in [0.4, 0.5) is 0 Å². The molecule has 0 aromatic heterocycles. The summed E-state index contributed by atoms with van der Waals surface area (Å²) in [6, 6.07) is 0. The summed E-state index contributed by atoms with van der Waals surface area (Å²) >= 11 is 0. The smallest absolute Gasteiger partial charge is 0.308 e. The third-order valence-corrected chi connectivity index (χ3v) is 12.2. The van der Waals surface area contributed by atoms with E-state index in [0.717, 1.165) is 51.4 Å². The molecule has 2 N–H and O–H groups in total. The second-order valence-corrected chi connectivity index (χ2v) is 14.0. The molecule has 0 spiro atoms. The molecule has 0 amide bonds. The third kappa shape index (κ3) is 4.88. The highest BCUT2D eigenvalue weighted by Gasteiger charge is 2.64. The summed E-state index contributed by atoms with van der Waals surface area (Å²) in [5, 5.41) is 20.5. The number of fused-ring (bicyclic) bond motifs is 5. The molecule has 1 aliphatic heterocycles. The van der Waals surface area contributed by atoms with E-state index in [-0.39, 0.29) is 53.4 Å². The number of esters is 2. The molecule has 0 aromatic carbocycles. The molecular formula is C31H50O6. The molecule has 1 saturated heterocycles. The number of hydrogen-bond donors (Lipinski definition) is 2. The summed E-state index contributed by atoms with van der Waals surface area (Å²) in [5.74, 6) is 2.28. The van der Waals surface area contributed by atoms with Gasteiger partial charge in [0.15, 0.2) is 0 Å². The maximum absolute atomic E-state index is 13.2. The zero-order chi connectivity index (χ0) is 26.5. The summed E-state index contributed by atoms with van der Waals surface area (Å²) in [6.45, 7) is 8.90. The van der Waals surface area contributed by atoms with Gasteiger partial charge in [-0.3, -0.25) is 9.59 Å². The van der Waals surface area contributed by atoms with Crippen LogP contribution in [0.1, 0.15) is 111 Å². The van der Waals surface area contributed by atoms with Crippen molar-refractivity contribution in [3.8, 4) is 0 Å². The van der Waals surface area contributed by atoms with E-state index in [0.29, 0.717) is 36.0 Å². The predicted molar refractivity (Wildman–Crippen MR) is 140 cm³/mol. The van der Waals surface area contributed by atoms with E-state index < -0.39 is 6.10 Å². The number of cyclic esters (lactones) is 1. The average molecular weight is 519 g/mol. The van der Waals surface area contributed by atoms with Crippen molar-refractivity contribution in [3.05, 3.63) is 0 Å². The van der Waals surface area contributed by atoms with Crippen LogP contribution in [0.2, 0.25) is 0 Å². The lowest BCUT2D eigenvalue weighted by Crippen LogP contribution is -2.59. The monoisotopic (exact) mass is 518 g/mol. The largest absolute Gasteiger partial charge is 0.462 e. The number of carbonyl (C=O) groups excluding carboxylic acids is 2. The number of rotatable bonds is 6. The quantitative estimate of drug-likeness (QED) is 0.456. The molecule has 5 rings (SSSR count). The molecule has 4 saturated carbocycles. The van der Waals surface area contributed by atoms with Gasteiger partial charge in [0.05, 0.1) is 24.5 Å². The second-order valence-electron chi connectivity index (χ2n) is 14.0. The van der Waals surface area contributed by atoms with Gasteiger partial charge in [0.25, 0.3) is 0 Å². The number of carbonyl (C=O) groups is 2.